The van der Waals surface area contributed by atoms with Crippen molar-refractivity contribution in [2.24, 2.45) is 5.92 Å². The van der Waals surface area contributed by atoms with E-state index in [2.05, 4.69) is 12.2 Å². The first-order valence-corrected chi connectivity index (χ1v) is 7.14. The van der Waals surface area contributed by atoms with Gasteiger partial charge in [0.05, 0.1) is 0 Å². The van der Waals surface area contributed by atoms with E-state index in [-0.39, 0.29) is 0 Å². The summed E-state index contributed by atoms with van der Waals surface area (Å²) in [6.45, 7) is 3.27. The van der Waals surface area contributed by atoms with Crippen LogP contribution < -0.4 is 5.32 Å². The zero-order chi connectivity index (χ0) is 12.3. The van der Waals surface area contributed by atoms with Crippen molar-refractivity contribution in [3.8, 4) is 0 Å². The Morgan fingerprint density at radius 2 is 2.12 bits per heavy atom. The Balaban J connectivity index is 1.94. The van der Waals surface area contributed by atoms with E-state index >= 15 is 0 Å². The lowest BCUT2D eigenvalue weighted by atomic mass is 10.0. The molecule has 1 atom stereocenters. The third kappa shape index (κ3) is 3.87. The van der Waals surface area contributed by atoms with Gasteiger partial charge in [0.1, 0.15) is 0 Å². The second-order valence-electron chi connectivity index (χ2n) is 4.81. The molecule has 2 rings (SSSR count). The van der Waals surface area contributed by atoms with Crippen molar-refractivity contribution in [3.63, 3.8) is 0 Å². The predicted molar refractivity (Wildman–Crippen MR) is 74.8 cm³/mol. The lowest BCUT2D eigenvalue weighted by molar-refractivity contribution is 0.498. The molecule has 0 radical (unpaired) electrons. The minimum Gasteiger partial charge on any atom is -0.310 e. The van der Waals surface area contributed by atoms with E-state index in [4.69, 9.17) is 23.2 Å². The standard InChI is InChI=1S/C14H19Cl2N/c1-2-14(17-8-7-10-3-4-10)12-6-5-11(15)9-13(12)16/h5-6,9-10,14,17H,2-4,7-8H2,1H3. The Bertz CT molecular complexity index is 374. The smallest absolute Gasteiger partial charge is 0.0468 e. The maximum Gasteiger partial charge on any atom is 0.0468 e. The fourth-order valence-electron chi connectivity index (χ4n) is 2.13. The van der Waals surface area contributed by atoms with Gasteiger partial charge < -0.3 is 5.32 Å². The molecular weight excluding hydrogens is 253 g/mol. The van der Waals surface area contributed by atoms with Gasteiger partial charge in [0.15, 0.2) is 0 Å². The molecule has 1 aliphatic rings. The van der Waals surface area contributed by atoms with Crippen LogP contribution in [-0.4, -0.2) is 6.54 Å². The maximum atomic E-state index is 6.23. The second kappa shape index (κ2) is 6.08. The molecule has 3 heteroatoms. The highest BCUT2D eigenvalue weighted by molar-refractivity contribution is 6.35. The molecule has 1 fully saturated rings. The molecule has 1 aliphatic carbocycles. The molecule has 0 spiro atoms. The topological polar surface area (TPSA) is 12.0 Å². The number of halogens is 2. The summed E-state index contributed by atoms with van der Waals surface area (Å²) >= 11 is 12.1. The molecule has 0 saturated heterocycles. The molecule has 0 amide bonds. The van der Waals surface area contributed by atoms with Crippen molar-refractivity contribution >= 4 is 23.2 Å². The van der Waals surface area contributed by atoms with Crippen LogP contribution in [-0.2, 0) is 0 Å². The second-order valence-corrected chi connectivity index (χ2v) is 5.66. The van der Waals surface area contributed by atoms with Crippen LogP contribution in [0, 0.1) is 5.92 Å². The summed E-state index contributed by atoms with van der Waals surface area (Å²) in [6.07, 6.45) is 5.17. The number of nitrogens with one attached hydrogen (secondary N) is 1. The average Bonchev–Trinajstić information content (AvgIpc) is 3.10. The molecule has 0 heterocycles. The van der Waals surface area contributed by atoms with E-state index in [9.17, 15) is 0 Å². The average molecular weight is 272 g/mol. The van der Waals surface area contributed by atoms with Gasteiger partial charge in [0, 0.05) is 16.1 Å². The zero-order valence-electron chi connectivity index (χ0n) is 10.2. The lowest BCUT2D eigenvalue weighted by Crippen LogP contribution is -2.22. The van der Waals surface area contributed by atoms with Crippen LogP contribution in [0.4, 0.5) is 0 Å². The Hall–Kier alpha value is -0.240. The van der Waals surface area contributed by atoms with Crippen LogP contribution in [0.5, 0.6) is 0 Å². The van der Waals surface area contributed by atoms with Gasteiger partial charge >= 0.3 is 0 Å². The first kappa shape index (κ1) is 13.2. The van der Waals surface area contributed by atoms with Gasteiger partial charge in [-0.3, -0.25) is 0 Å². The van der Waals surface area contributed by atoms with Crippen LogP contribution in [0.15, 0.2) is 18.2 Å². The molecule has 1 aromatic carbocycles. The first-order valence-electron chi connectivity index (χ1n) is 6.39. The fourth-order valence-corrected chi connectivity index (χ4v) is 2.67. The Kier molecular flexibility index (Phi) is 4.72. The minimum atomic E-state index is 0.346. The predicted octanol–water partition coefficient (Wildman–Crippen LogP) is 4.83. The van der Waals surface area contributed by atoms with Crippen molar-refractivity contribution in [2.75, 3.05) is 6.54 Å². The molecule has 1 nitrogen and oxygen atoms in total. The van der Waals surface area contributed by atoms with Crippen LogP contribution in [0.2, 0.25) is 10.0 Å². The van der Waals surface area contributed by atoms with Gasteiger partial charge in [-0.25, -0.2) is 0 Å². The largest absolute Gasteiger partial charge is 0.310 e. The van der Waals surface area contributed by atoms with Crippen LogP contribution >= 0.6 is 23.2 Å². The summed E-state index contributed by atoms with van der Waals surface area (Å²) in [7, 11) is 0. The summed E-state index contributed by atoms with van der Waals surface area (Å²) in [5, 5.41) is 5.06. The zero-order valence-corrected chi connectivity index (χ0v) is 11.7. The highest BCUT2D eigenvalue weighted by Gasteiger charge is 2.21. The Morgan fingerprint density at radius 3 is 2.71 bits per heavy atom. The fraction of sp³-hybridized carbons (Fsp3) is 0.571. The summed E-state index contributed by atoms with van der Waals surface area (Å²) in [5.41, 5.74) is 1.16. The summed E-state index contributed by atoms with van der Waals surface area (Å²) in [5.74, 6) is 0.973. The quantitative estimate of drug-likeness (QED) is 0.781. The first-order chi connectivity index (χ1) is 8.20. The third-order valence-corrected chi connectivity index (χ3v) is 3.95. The normalized spacial score (nSPS) is 17.1. The van der Waals surface area contributed by atoms with E-state index in [0.717, 1.165) is 29.5 Å². The van der Waals surface area contributed by atoms with Crippen LogP contribution in [0.3, 0.4) is 0 Å². The Labute approximate surface area is 114 Å². The molecule has 94 valence electrons. The Morgan fingerprint density at radius 1 is 1.35 bits per heavy atom. The van der Waals surface area contributed by atoms with Gasteiger partial charge in [-0.2, -0.15) is 0 Å². The highest BCUT2D eigenvalue weighted by Crippen LogP contribution is 2.32. The van der Waals surface area contributed by atoms with Gasteiger partial charge in [-0.1, -0.05) is 49.0 Å². The van der Waals surface area contributed by atoms with Crippen molar-refractivity contribution in [1.82, 2.24) is 5.32 Å². The van der Waals surface area contributed by atoms with Crippen molar-refractivity contribution in [2.45, 2.75) is 38.6 Å². The molecular formula is C14H19Cl2N. The number of benzene rings is 1. The summed E-state index contributed by atoms with van der Waals surface area (Å²) < 4.78 is 0. The van der Waals surface area contributed by atoms with Crippen molar-refractivity contribution in [1.29, 1.82) is 0 Å². The lowest BCUT2D eigenvalue weighted by Gasteiger charge is -2.18. The minimum absolute atomic E-state index is 0.346. The molecule has 0 aliphatic heterocycles. The van der Waals surface area contributed by atoms with E-state index in [1.165, 1.54) is 19.3 Å². The van der Waals surface area contributed by atoms with Gasteiger partial charge in [-0.15, -0.1) is 0 Å². The molecule has 1 N–H and O–H groups in total. The van der Waals surface area contributed by atoms with Crippen LogP contribution in [0.25, 0.3) is 0 Å². The monoisotopic (exact) mass is 271 g/mol. The molecule has 17 heavy (non-hydrogen) atoms. The van der Waals surface area contributed by atoms with E-state index in [1.807, 2.05) is 18.2 Å². The molecule has 1 aromatic rings. The number of hydrogen-bond acceptors (Lipinski definition) is 1. The van der Waals surface area contributed by atoms with E-state index in [1.54, 1.807) is 0 Å². The van der Waals surface area contributed by atoms with E-state index in [0.29, 0.717) is 11.1 Å². The van der Waals surface area contributed by atoms with Gasteiger partial charge in [0.2, 0.25) is 0 Å². The van der Waals surface area contributed by atoms with Gasteiger partial charge in [-0.05, 0) is 43.0 Å². The third-order valence-electron chi connectivity index (χ3n) is 3.39. The summed E-state index contributed by atoms with van der Waals surface area (Å²) in [6, 6.07) is 6.11. The number of rotatable bonds is 6. The maximum absolute atomic E-state index is 6.23. The number of hydrogen-bond donors (Lipinski definition) is 1. The van der Waals surface area contributed by atoms with E-state index < -0.39 is 0 Å². The van der Waals surface area contributed by atoms with Gasteiger partial charge in [0.25, 0.3) is 0 Å². The van der Waals surface area contributed by atoms with Crippen molar-refractivity contribution in [3.05, 3.63) is 33.8 Å². The van der Waals surface area contributed by atoms with Crippen molar-refractivity contribution < 1.29 is 0 Å². The molecule has 1 unspecified atom stereocenters. The van der Waals surface area contributed by atoms with Crippen LogP contribution in [0.1, 0.15) is 44.2 Å². The highest BCUT2D eigenvalue weighted by atomic mass is 35.5. The SMILES string of the molecule is CCC(NCCC1CC1)c1ccc(Cl)cc1Cl. The molecule has 0 bridgehead atoms. The summed E-state index contributed by atoms with van der Waals surface area (Å²) in [4.78, 5) is 0. The molecule has 1 saturated carbocycles. The molecule has 0 aromatic heterocycles.